The van der Waals surface area contributed by atoms with Gasteiger partial charge in [-0.3, -0.25) is 0 Å². The molecular formula is C14H19NO3S. The molecule has 0 saturated carbocycles. The second-order valence-electron chi connectivity index (χ2n) is 5.28. The molecule has 1 aromatic rings. The van der Waals surface area contributed by atoms with Gasteiger partial charge in [0.2, 0.25) is 0 Å². The lowest BCUT2D eigenvalue weighted by molar-refractivity contribution is 0.0416. The zero-order chi connectivity index (χ0) is 13.3. The quantitative estimate of drug-likeness (QED) is 0.916. The van der Waals surface area contributed by atoms with E-state index < -0.39 is 9.84 Å². The van der Waals surface area contributed by atoms with Crippen LogP contribution in [0.5, 0.6) is 0 Å². The molecule has 2 aliphatic heterocycles. The zero-order valence-corrected chi connectivity index (χ0v) is 11.7. The standard InChI is InChI=1S/C14H19NO3S/c16-19(17,13-9-18-10-13)12-6-4-11(5-7-12)14-3-1-2-8-15-14/h4-7,13-15H,1-3,8-10H2. The van der Waals surface area contributed by atoms with Crippen LogP contribution in [0.25, 0.3) is 0 Å². The molecule has 3 rings (SSSR count). The minimum absolute atomic E-state index is 0.328. The molecule has 19 heavy (non-hydrogen) atoms. The van der Waals surface area contributed by atoms with E-state index in [1.807, 2.05) is 12.1 Å². The van der Waals surface area contributed by atoms with E-state index >= 15 is 0 Å². The predicted molar refractivity (Wildman–Crippen MR) is 72.8 cm³/mol. The first kappa shape index (κ1) is 13.1. The molecule has 1 N–H and O–H groups in total. The third kappa shape index (κ3) is 2.55. The van der Waals surface area contributed by atoms with Gasteiger partial charge in [0.05, 0.1) is 18.1 Å². The third-order valence-corrected chi connectivity index (χ3v) is 6.05. The van der Waals surface area contributed by atoms with E-state index in [0.29, 0.717) is 24.2 Å². The highest BCUT2D eigenvalue weighted by molar-refractivity contribution is 7.92. The second-order valence-corrected chi connectivity index (χ2v) is 7.50. The molecule has 2 saturated heterocycles. The Bertz CT molecular complexity index is 528. The minimum Gasteiger partial charge on any atom is -0.379 e. The Kier molecular flexibility index (Phi) is 3.60. The highest BCUT2D eigenvalue weighted by atomic mass is 32.2. The summed E-state index contributed by atoms with van der Waals surface area (Å²) in [5.41, 5.74) is 1.18. The first-order chi connectivity index (χ1) is 9.18. The first-order valence-electron chi connectivity index (χ1n) is 6.83. The summed E-state index contributed by atoms with van der Waals surface area (Å²) in [5, 5.41) is 3.11. The molecule has 0 amide bonds. The van der Waals surface area contributed by atoms with Gasteiger partial charge in [-0.1, -0.05) is 18.6 Å². The van der Waals surface area contributed by atoms with Crippen LogP contribution in [-0.2, 0) is 14.6 Å². The van der Waals surface area contributed by atoms with Crippen molar-refractivity contribution < 1.29 is 13.2 Å². The van der Waals surface area contributed by atoms with Crippen molar-refractivity contribution in [3.05, 3.63) is 29.8 Å². The molecule has 1 unspecified atom stereocenters. The molecular weight excluding hydrogens is 262 g/mol. The van der Waals surface area contributed by atoms with Crippen molar-refractivity contribution >= 4 is 9.84 Å². The summed E-state index contributed by atoms with van der Waals surface area (Å²) >= 11 is 0. The van der Waals surface area contributed by atoms with Crippen LogP contribution in [0.3, 0.4) is 0 Å². The predicted octanol–water partition coefficient (Wildman–Crippen LogP) is 1.67. The highest BCUT2D eigenvalue weighted by Gasteiger charge is 2.33. The summed E-state index contributed by atoms with van der Waals surface area (Å²) < 4.78 is 29.4. The van der Waals surface area contributed by atoms with E-state index in [1.165, 1.54) is 18.4 Å². The molecule has 0 aliphatic carbocycles. The molecule has 0 spiro atoms. The van der Waals surface area contributed by atoms with Gasteiger partial charge < -0.3 is 10.1 Å². The van der Waals surface area contributed by atoms with Gasteiger partial charge in [0.15, 0.2) is 9.84 Å². The van der Waals surface area contributed by atoms with Gasteiger partial charge in [-0.2, -0.15) is 0 Å². The lowest BCUT2D eigenvalue weighted by Gasteiger charge is -2.26. The molecule has 0 aromatic heterocycles. The Balaban J connectivity index is 1.78. The second kappa shape index (κ2) is 5.23. The average Bonchev–Trinajstić information content (AvgIpc) is 2.37. The topological polar surface area (TPSA) is 55.4 Å². The van der Waals surface area contributed by atoms with Crippen LogP contribution in [0.4, 0.5) is 0 Å². The molecule has 104 valence electrons. The van der Waals surface area contributed by atoms with Crippen molar-refractivity contribution in [1.82, 2.24) is 5.32 Å². The Morgan fingerprint density at radius 1 is 1.11 bits per heavy atom. The smallest absolute Gasteiger partial charge is 0.185 e. The van der Waals surface area contributed by atoms with Crippen molar-refractivity contribution in [2.75, 3.05) is 19.8 Å². The molecule has 2 fully saturated rings. The third-order valence-electron chi connectivity index (χ3n) is 3.97. The molecule has 4 nitrogen and oxygen atoms in total. The van der Waals surface area contributed by atoms with Gasteiger partial charge >= 0.3 is 0 Å². The number of benzene rings is 1. The number of rotatable bonds is 3. The van der Waals surface area contributed by atoms with E-state index in [2.05, 4.69) is 5.32 Å². The van der Waals surface area contributed by atoms with Crippen LogP contribution in [0.15, 0.2) is 29.2 Å². The zero-order valence-electron chi connectivity index (χ0n) is 10.8. The van der Waals surface area contributed by atoms with Crippen molar-refractivity contribution in [3.8, 4) is 0 Å². The molecule has 1 atom stereocenters. The fraction of sp³-hybridized carbons (Fsp3) is 0.571. The average molecular weight is 281 g/mol. The van der Waals surface area contributed by atoms with Crippen LogP contribution in [-0.4, -0.2) is 33.4 Å². The molecule has 2 aliphatic rings. The van der Waals surface area contributed by atoms with Gasteiger partial charge in [0.25, 0.3) is 0 Å². The minimum atomic E-state index is -3.20. The van der Waals surface area contributed by atoms with Crippen molar-refractivity contribution in [3.63, 3.8) is 0 Å². The Labute approximate surface area is 114 Å². The molecule has 0 bridgehead atoms. The summed E-state index contributed by atoms with van der Waals surface area (Å²) in [6.45, 7) is 1.70. The van der Waals surface area contributed by atoms with Crippen molar-refractivity contribution in [2.24, 2.45) is 0 Å². The Hall–Kier alpha value is -0.910. The normalized spacial score (nSPS) is 24.9. The number of nitrogens with one attached hydrogen (secondary N) is 1. The van der Waals surface area contributed by atoms with E-state index in [0.717, 1.165) is 13.0 Å². The summed E-state index contributed by atoms with van der Waals surface area (Å²) in [4.78, 5) is 0.417. The van der Waals surface area contributed by atoms with Gasteiger partial charge in [-0.05, 0) is 37.1 Å². The van der Waals surface area contributed by atoms with E-state index in [9.17, 15) is 8.42 Å². The van der Waals surface area contributed by atoms with Gasteiger partial charge in [0.1, 0.15) is 5.25 Å². The summed E-state index contributed by atoms with van der Waals surface area (Å²) in [6, 6.07) is 7.72. The van der Waals surface area contributed by atoms with E-state index in [4.69, 9.17) is 4.74 Å². The molecule has 1 aromatic carbocycles. The summed E-state index contributed by atoms with van der Waals surface area (Å²) in [5.74, 6) is 0. The summed E-state index contributed by atoms with van der Waals surface area (Å²) in [7, 11) is -3.20. The molecule has 2 heterocycles. The van der Waals surface area contributed by atoms with Crippen LogP contribution < -0.4 is 5.32 Å². The van der Waals surface area contributed by atoms with Gasteiger partial charge in [0, 0.05) is 6.04 Å². The fourth-order valence-corrected chi connectivity index (χ4v) is 4.06. The van der Waals surface area contributed by atoms with Gasteiger partial charge in [-0.25, -0.2) is 8.42 Å². The maximum atomic E-state index is 12.2. The van der Waals surface area contributed by atoms with E-state index in [-0.39, 0.29) is 5.25 Å². The Morgan fingerprint density at radius 3 is 2.37 bits per heavy atom. The number of sulfone groups is 1. The van der Waals surface area contributed by atoms with Crippen LogP contribution in [0.2, 0.25) is 0 Å². The maximum Gasteiger partial charge on any atom is 0.185 e. The monoisotopic (exact) mass is 281 g/mol. The highest BCUT2D eigenvalue weighted by Crippen LogP contribution is 2.26. The molecule has 5 heteroatoms. The van der Waals surface area contributed by atoms with Crippen molar-refractivity contribution in [1.29, 1.82) is 0 Å². The number of hydrogen-bond acceptors (Lipinski definition) is 4. The van der Waals surface area contributed by atoms with Gasteiger partial charge in [-0.15, -0.1) is 0 Å². The van der Waals surface area contributed by atoms with Crippen LogP contribution >= 0.6 is 0 Å². The summed E-state index contributed by atoms with van der Waals surface area (Å²) in [6.07, 6.45) is 3.59. The lowest BCUT2D eigenvalue weighted by atomic mass is 9.98. The largest absolute Gasteiger partial charge is 0.379 e. The van der Waals surface area contributed by atoms with Crippen LogP contribution in [0.1, 0.15) is 30.9 Å². The van der Waals surface area contributed by atoms with Crippen molar-refractivity contribution in [2.45, 2.75) is 35.4 Å². The number of piperidine rings is 1. The fourth-order valence-electron chi connectivity index (χ4n) is 2.61. The number of hydrogen-bond donors (Lipinski definition) is 1. The van der Waals surface area contributed by atoms with E-state index in [1.54, 1.807) is 12.1 Å². The number of ether oxygens (including phenoxy) is 1. The van der Waals surface area contributed by atoms with Crippen LogP contribution in [0, 0.1) is 0 Å². The SMILES string of the molecule is O=S(=O)(c1ccc(C2CCCCN2)cc1)C1COC1. The Morgan fingerprint density at radius 2 is 1.84 bits per heavy atom. The molecule has 0 radical (unpaired) electrons. The first-order valence-corrected chi connectivity index (χ1v) is 8.37. The maximum absolute atomic E-state index is 12.2. The lowest BCUT2D eigenvalue weighted by Crippen LogP contribution is -2.40.